The highest BCUT2D eigenvalue weighted by Crippen LogP contribution is 2.44. The number of anilines is 2. The van der Waals surface area contributed by atoms with Gasteiger partial charge in [-0.15, -0.1) is 0 Å². The maximum Gasteiger partial charge on any atom is 0.247 e. The van der Waals surface area contributed by atoms with Gasteiger partial charge in [-0.1, -0.05) is 11.6 Å². The first-order valence-corrected chi connectivity index (χ1v) is 12.5. The number of aromatic nitrogens is 3. The summed E-state index contributed by atoms with van der Waals surface area (Å²) in [5.74, 6) is -1.11. The monoisotopic (exact) mass is 524 g/mol. The standard InChI is InChI=1S/C26H23ClF2N6O2/c27-16-4-5-17(30)22(24(16)29)13-10-14-3-6-19(35(14)21(37)11-13)25-32-12-18(33-25)15-7-8-31-26(23(15)28)34-9-1-2-20(34)36/h4-5,7-8,11-12,14,19H,1-3,6,9-10,30H2,(H,32,33)/t14?,19-/m0/s1. The van der Waals surface area contributed by atoms with Crippen LogP contribution < -0.4 is 10.6 Å². The van der Waals surface area contributed by atoms with Crippen LogP contribution in [0.1, 0.15) is 49.5 Å². The van der Waals surface area contributed by atoms with Crippen LogP contribution >= 0.6 is 11.6 Å². The molecule has 8 nitrogen and oxygen atoms in total. The van der Waals surface area contributed by atoms with E-state index in [1.165, 1.54) is 41.6 Å². The molecular weight excluding hydrogens is 502 g/mol. The first kappa shape index (κ1) is 23.6. The van der Waals surface area contributed by atoms with Gasteiger partial charge in [0, 0.05) is 48.1 Å². The smallest absolute Gasteiger partial charge is 0.247 e. The molecule has 0 saturated carbocycles. The van der Waals surface area contributed by atoms with Gasteiger partial charge in [0.1, 0.15) is 5.82 Å². The number of amides is 2. The Kier molecular flexibility index (Phi) is 5.71. The predicted octanol–water partition coefficient (Wildman–Crippen LogP) is 4.63. The van der Waals surface area contributed by atoms with E-state index in [4.69, 9.17) is 17.3 Å². The van der Waals surface area contributed by atoms with Gasteiger partial charge in [-0.2, -0.15) is 0 Å². The molecule has 0 radical (unpaired) electrons. The van der Waals surface area contributed by atoms with Crippen molar-refractivity contribution < 1.29 is 18.4 Å². The topological polar surface area (TPSA) is 108 Å². The molecule has 6 rings (SSSR count). The highest BCUT2D eigenvalue weighted by molar-refractivity contribution is 6.31. The van der Waals surface area contributed by atoms with Gasteiger partial charge in [0.15, 0.2) is 17.5 Å². The molecule has 2 amide bonds. The molecule has 0 bridgehead atoms. The Morgan fingerprint density at radius 2 is 1.95 bits per heavy atom. The Balaban J connectivity index is 1.28. The lowest BCUT2D eigenvalue weighted by Crippen LogP contribution is -2.39. The molecular formula is C26H23ClF2N6O2. The van der Waals surface area contributed by atoms with Crippen LogP contribution in [-0.2, 0) is 9.59 Å². The zero-order valence-corrected chi connectivity index (χ0v) is 20.4. The molecule has 3 aliphatic heterocycles. The lowest BCUT2D eigenvalue weighted by atomic mass is 9.92. The number of pyridine rings is 1. The molecule has 3 aromatic rings. The number of carbonyl (C=O) groups is 2. The quantitative estimate of drug-likeness (QED) is 0.484. The number of hydrogen-bond donors (Lipinski definition) is 2. The molecule has 3 aliphatic rings. The minimum absolute atomic E-state index is 0.00785. The molecule has 5 heterocycles. The number of H-pyrrole nitrogens is 1. The SMILES string of the molecule is Nc1ccc(Cl)c(F)c1C1=CC(=O)N2C(CC[C@H]2c2ncc(-c3ccnc(N4CCCC4=O)c3F)[nH]2)C1. The molecule has 2 saturated heterocycles. The molecule has 1 unspecified atom stereocenters. The first-order valence-electron chi connectivity index (χ1n) is 12.1. The third-order valence-corrected chi connectivity index (χ3v) is 7.65. The summed E-state index contributed by atoms with van der Waals surface area (Å²) in [6, 6.07) is 3.96. The van der Waals surface area contributed by atoms with Crippen molar-refractivity contribution >= 4 is 40.5 Å². The summed E-state index contributed by atoms with van der Waals surface area (Å²) in [6.07, 6.45) is 7.20. The van der Waals surface area contributed by atoms with E-state index in [1.807, 2.05) is 0 Å². The van der Waals surface area contributed by atoms with E-state index >= 15 is 4.39 Å². The van der Waals surface area contributed by atoms with Gasteiger partial charge < -0.3 is 15.6 Å². The number of benzene rings is 1. The lowest BCUT2D eigenvalue weighted by molar-refractivity contribution is -0.129. The number of halogens is 3. The van der Waals surface area contributed by atoms with E-state index in [-0.39, 0.29) is 51.6 Å². The van der Waals surface area contributed by atoms with Gasteiger partial charge >= 0.3 is 0 Å². The molecule has 3 N–H and O–H groups in total. The van der Waals surface area contributed by atoms with Crippen molar-refractivity contribution in [2.45, 2.75) is 44.2 Å². The van der Waals surface area contributed by atoms with E-state index < -0.39 is 11.6 Å². The third kappa shape index (κ3) is 3.87. The molecule has 0 spiro atoms. The van der Waals surface area contributed by atoms with Crippen molar-refractivity contribution in [3.05, 3.63) is 64.7 Å². The van der Waals surface area contributed by atoms with Crippen LogP contribution in [0.25, 0.3) is 16.8 Å². The predicted molar refractivity (Wildman–Crippen MR) is 134 cm³/mol. The Bertz CT molecular complexity index is 1470. The zero-order valence-electron chi connectivity index (χ0n) is 19.7. The summed E-state index contributed by atoms with van der Waals surface area (Å²) >= 11 is 5.96. The molecule has 2 atom stereocenters. The summed E-state index contributed by atoms with van der Waals surface area (Å²) in [4.78, 5) is 40.1. The fourth-order valence-electron chi connectivity index (χ4n) is 5.63. The average molecular weight is 525 g/mol. The normalized spacial score (nSPS) is 21.5. The van der Waals surface area contributed by atoms with Crippen molar-refractivity contribution in [2.24, 2.45) is 0 Å². The molecule has 190 valence electrons. The number of carbonyl (C=O) groups excluding carboxylic acids is 2. The number of nitrogens with two attached hydrogens (primary N) is 1. The fraction of sp³-hybridized carbons (Fsp3) is 0.308. The number of aromatic amines is 1. The van der Waals surface area contributed by atoms with Crippen molar-refractivity contribution in [3.63, 3.8) is 0 Å². The Morgan fingerprint density at radius 3 is 2.73 bits per heavy atom. The van der Waals surface area contributed by atoms with Crippen LogP contribution in [-0.4, -0.2) is 44.3 Å². The van der Waals surface area contributed by atoms with Crippen LogP contribution in [0.5, 0.6) is 0 Å². The molecule has 37 heavy (non-hydrogen) atoms. The number of imidazole rings is 1. The van der Waals surface area contributed by atoms with Crippen molar-refractivity contribution in [3.8, 4) is 11.3 Å². The van der Waals surface area contributed by atoms with Crippen molar-refractivity contribution in [1.82, 2.24) is 19.9 Å². The average Bonchev–Trinajstić information content (AvgIpc) is 3.62. The Morgan fingerprint density at radius 1 is 1.11 bits per heavy atom. The highest BCUT2D eigenvalue weighted by Gasteiger charge is 2.42. The highest BCUT2D eigenvalue weighted by atomic mass is 35.5. The molecule has 2 fully saturated rings. The summed E-state index contributed by atoms with van der Waals surface area (Å²) in [5, 5.41) is -0.0482. The fourth-order valence-corrected chi connectivity index (χ4v) is 5.79. The number of nitrogens with one attached hydrogen (secondary N) is 1. The van der Waals surface area contributed by atoms with E-state index in [0.717, 1.165) is 0 Å². The number of fused-ring (bicyclic) bond motifs is 1. The van der Waals surface area contributed by atoms with E-state index in [2.05, 4.69) is 15.0 Å². The lowest BCUT2D eigenvalue weighted by Gasteiger charge is -2.33. The maximum absolute atomic E-state index is 15.4. The van der Waals surface area contributed by atoms with Crippen LogP contribution in [0.2, 0.25) is 5.02 Å². The first-order chi connectivity index (χ1) is 17.8. The minimum atomic E-state index is -0.631. The second-order valence-electron chi connectivity index (χ2n) is 9.52. The summed E-state index contributed by atoms with van der Waals surface area (Å²) in [6.45, 7) is 0.432. The molecule has 1 aromatic carbocycles. The van der Waals surface area contributed by atoms with E-state index in [9.17, 15) is 14.0 Å². The number of rotatable bonds is 4. The molecule has 2 aromatic heterocycles. The van der Waals surface area contributed by atoms with Gasteiger partial charge in [-0.05, 0) is 49.5 Å². The van der Waals surface area contributed by atoms with Crippen LogP contribution in [0.3, 0.4) is 0 Å². The number of nitrogens with zero attached hydrogens (tertiary/aromatic N) is 4. The van der Waals surface area contributed by atoms with Gasteiger partial charge in [0.2, 0.25) is 11.8 Å². The van der Waals surface area contributed by atoms with Crippen LogP contribution in [0.15, 0.2) is 36.7 Å². The van der Waals surface area contributed by atoms with E-state index in [0.29, 0.717) is 55.7 Å². The Hall–Kier alpha value is -3.79. The zero-order chi connectivity index (χ0) is 25.8. The second kappa shape index (κ2) is 8.95. The summed E-state index contributed by atoms with van der Waals surface area (Å²) in [7, 11) is 0. The van der Waals surface area contributed by atoms with Gasteiger partial charge in [-0.25, -0.2) is 18.7 Å². The molecule has 11 heteroatoms. The van der Waals surface area contributed by atoms with Gasteiger partial charge in [-0.3, -0.25) is 14.5 Å². The number of hydrogen-bond acceptors (Lipinski definition) is 5. The van der Waals surface area contributed by atoms with Gasteiger partial charge in [0.05, 0.1) is 23.0 Å². The van der Waals surface area contributed by atoms with Crippen LogP contribution in [0, 0.1) is 11.6 Å². The third-order valence-electron chi connectivity index (χ3n) is 7.36. The summed E-state index contributed by atoms with van der Waals surface area (Å²) < 4.78 is 30.1. The maximum atomic E-state index is 15.4. The Labute approximate surface area is 216 Å². The number of nitrogen functional groups attached to an aromatic ring is 1. The van der Waals surface area contributed by atoms with Gasteiger partial charge in [0.25, 0.3) is 0 Å². The largest absolute Gasteiger partial charge is 0.398 e. The van der Waals surface area contributed by atoms with Crippen LogP contribution in [0.4, 0.5) is 20.3 Å². The van der Waals surface area contributed by atoms with E-state index in [1.54, 1.807) is 4.90 Å². The summed E-state index contributed by atoms with van der Waals surface area (Å²) in [5.41, 5.74) is 7.62. The minimum Gasteiger partial charge on any atom is -0.398 e. The van der Waals surface area contributed by atoms with Crippen molar-refractivity contribution in [1.29, 1.82) is 0 Å². The molecule has 0 aliphatic carbocycles. The van der Waals surface area contributed by atoms with Crippen molar-refractivity contribution in [2.75, 3.05) is 17.2 Å². The second-order valence-corrected chi connectivity index (χ2v) is 9.93.